The number of pyridine rings is 1. The molecular weight excluding hydrogens is 174 g/mol. The molecule has 0 radical (unpaired) electrons. The number of nitrogens with one attached hydrogen (secondary N) is 1. The van der Waals surface area contributed by atoms with Crippen LogP contribution >= 0.6 is 11.6 Å². The Morgan fingerprint density at radius 1 is 1.50 bits per heavy atom. The number of H-pyrrole nitrogens is 1. The summed E-state index contributed by atoms with van der Waals surface area (Å²) in [4.78, 5) is 13.8. The first kappa shape index (κ1) is 8.89. The zero-order valence-electron chi connectivity index (χ0n) is 6.86. The minimum absolute atomic E-state index is 0.253. The first-order valence-corrected chi connectivity index (χ1v) is 3.81. The average Bonchev–Trinajstić information content (AvgIpc) is 2.01. The molecule has 0 fully saturated rings. The molecule has 0 unspecified atom stereocenters. The van der Waals surface area contributed by atoms with Crippen molar-refractivity contribution in [1.82, 2.24) is 4.98 Å². The predicted molar refractivity (Wildman–Crippen MR) is 49.5 cm³/mol. The lowest BCUT2D eigenvalue weighted by atomic mass is 10.1. The average molecular weight is 182 g/mol. The summed E-state index contributed by atoms with van der Waals surface area (Å²) in [6, 6.07) is 0. The highest BCUT2D eigenvalue weighted by atomic mass is 35.5. The van der Waals surface area contributed by atoms with Crippen LogP contribution in [0.15, 0.2) is 4.79 Å². The van der Waals surface area contributed by atoms with E-state index in [2.05, 4.69) is 10.9 Å². The van der Waals surface area contributed by atoms with Gasteiger partial charge >= 0.3 is 0 Å². The largest absolute Gasteiger partial charge is 0.324 e. The van der Waals surface area contributed by atoms with E-state index in [0.717, 1.165) is 0 Å². The smallest absolute Gasteiger partial charge is 0.264 e. The molecule has 2 nitrogen and oxygen atoms in total. The van der Waals surface area contributed by atoms with Crippen LogP contribution in [-0.2, 0) is 0 Å². The van der Waals surface area contributed by atoms with Crippen molar-refractivity contribution in [2.75, 3.05) is 0 Å². The second-order valence-electron chi connectivity index (χ2n) is 2.54. The van der Waals surface area contributed by atoms with Gasteiger partial charge in [0.1, 0.15) is 0 Å². The fraction of sp³-hybridized carbons (Fsp3) is 0.222. The number of hydrogen-bond donors (Lipinski definition) is 1. The molecular formula is C9H8ClNO. The molecule has 12 heavy (non-hydrogen) atoms. The molecule has 0 saturated heterocycles. The van der Waals surface area contributed by atoms with E-state index in [9.17, 15) is 4.79 Å². The van der Waals surface area contributed by atoms with Crippen molar-refractivity contribution in [3.05, 3.63) is 32.2 Å². The zero-order valence-corrected chi connectivity index (χ0v) is 7.62. The normalized spacial score (nSPS) is 9.50. The summed E-state index contributed by atoms with van der Waals surface area (Å²) in [5, 5.41) is 0.530. The van der Waals surface area contributed by atoms with Gasteiger partial charge in [-0.25, -0.2) is 0 Å². The summed E-state index contributed by atoms with van der Waals surface area (Å²) < 4.78 is 0. The van der Waals surface area contributed by atoms with Crippen LogP contribution in [0.4, 0.5) is 0 Å². The molecule has 1 N–H and O–H groups in total. The van der Waals surface area contributed by atoms with E-state index in [4.69, 9.17) is 18.0 Å². The lowest BCUT2D eigenvalue weighted by molar-refractivity contribution is 1.11. The van der Waals surface area contributed by atoms with E-state index in [1.54, 1.807) is 13.8 Å². The van der Waals surface area contributed by atoms with Crippen molar-refractivity contribution >= 4 is 11.6 Å². The van der Waals surface area contributed by atoms with Gasteiger partial charge in [0, 0.05) is 5.69 Å². The maximum absolute atomic E-state index is 11.2. The Morgan fingerprint density at radius 3 is 2.58 bits per heavy atom. The van der Waals surface area contributed by atoms with Crippen molar-refractivity contribution in [2.45, 2.75) is 13.8 Å². The van der Waals surface area contributed by atoms with Gasteiger partial charge in [0.15, 0.2) is 0 Å². The monoisotopic (exact) mass is 181 g/mol. The number of rotatable bonds is 0. The molecule has 0 saturated carbocycles. The number of aromatic amines is 1. The van der Waals surface area contributed by atoms with E-state index in [-0.39, 0.29) is 5.56 Å². The number of terminal acetylenes is 1. The van der Waals surface area contributed by atoms with Crippen LogP contribution in [0.5, 0.6) is 0 Å². The van der Waals surface area contributed by atoms with Crippen molar-refractivity contribution in [1.29, 1.82) is 0 Å². The third-order valence-corrected chi connectivity index (χ3v) is 2.27. The highest BCUT2D eigenvalue weighted by Gasteiger charge is 2.07. The molecule has 0 aliphatic carbocycles. The zero-order chi connectivity index (χ0) is 9.30. The summed E-state index contributed by atoms with van der Waals surface area (Å²) in [5.74, 6) is 2.30. The molecule has 1 aromatic heterocycles. The molecule has 62 valence electrons. The van der Waals surface area contributed by atoms with Gasteiger partial charge in [-0.3, -0.25) is 4.79 Å². The summed E-state index contributed by atoms with van der Waals surface area (Å²) in [5.41, 5.74) is 1.38. The molecule has 3 heteroatoms. The van der Waals surface area contributed by atoms with Crippen LogP contribution in [0.3, 0.4) is 0 Å². The van der Waals surface area contributed by atoms with Gasteiger partial charge in [-0.05, 0) is 19.4 Å². The van der Waals surface area contributed by atoms with Crippen molar-refractivity contribution in [3.8, 4) is 12.3 Å². The highest BCUT2D eigenvalue weighted by Crippen LogP contribution is 2.17. The quantitative estimate of drug-likeness (QED) is 0.607. The van der Waals surface area contributed by atoms with Crippen molar-refractivity contribution in [2.24, 2.45) is 0 Å². The summed E-state index contributed by atoms with van der Waals surface area (Å²) in [7, 11) is 0. The molecule has 1 rings (SSSR count). The Morgan fingerprint density at radius 2 is 2.08 bits per heavy atom. The van der Waals surface area contributed by atoms with E-state index >= 15 is 0 Å². The SMILES string of the molecule is C#Cc1c(C)c(Cl)c(C)[nH]c1=O. The van der Waals surface area contributed by atoms with Gasteiger partial charge in [0.05, 0.1) is 10.6 Å². The van der Waals surface area contributed by atoms with Crippen LogP contribution in [0, 0.1) is 26.2 Å². The van der Waals surface area contributed by atoms with Gasteiger partial charge < -0.3 is 4.98 Å². The van der Waals surface area contributed by atoms with Crippen molar-refractivity contribution < 1.29 is 0 Å². The highest BCUT2D eigenvalue weighted by molar-refractivity contribution is 6.32. The minimum Gasteiger partial charge on any atom is -0.324 e. The van der Waals surface area contributed by atoms with Crippen LogP contribution in [0.2, 0.25) is 5.02 Å². The number of aryl methyl sites for hydroxylation is 1. The summed E-state index contributed by atoms with van der Waals surface area (Å²) >= 11 is 5.87. The summed E-state index contributed by atoms with van der Waals surface area (Å²) in [6.45, 7) is 3.47. The molecule has 0 aliphatic rings. The summed E-state index contributed by atoms with van der Waals surface area (Å²) in [6.07, 6.45) is 5.14. The van der Waals surface area contributed by atoms with Gasteiger partial charge in [0.2, 0.25) is 0 Å². The number of halogens is 1. The second kappa shape index (κ2) is 3.04. The van der Waals surface area contributed by atoms with E-state index in [0.29, 0.717) is 21.8 Å². The maximum Gasteiger partial charge on any atom is 0.264 e. The molecule has 0 spiro atoms. The molecule has 0 aromatic carbocycles. The first-order valence-electron chi connectivity index (χ1n) is 3.43. The van der Waals surface area contributed by atoms with Gasteiger partial charge in [-0.15, -0.1) is 6.42 Å². The number of aromatic nitrogens is 1. The Kier molecular flexibility index (Phi) is 2.25. The van der Waals surface area contributed by atoms with E-state index in [1.807, 2.05) is 0 Å². The van der Waals surface area contributed by atoms with Gasteiger partial charge in [-0.2, -0.15) is 0 Å². The van der Waals surface area contributed by atoms with Crippen LogP contribution < -0.4 is 5.56 Å². The Hall–Kier alpha value is -1.20. The molecule has 0 aliphatic heterocycles. The van der Waals surface area contributed by atoms with Gasteiger partial charge in [0.25, 0.3) is 5.56 Å². The Balaban J connectivity index is 3.66. The Bertz CT molecular complexity index is 412. The van der Waals surface area contributed by atoms with Crippen LogP contribution in [-0.4, -0.2) is 4.98 Å². The first-order chi connectivity index (χ1) is 5.57. The fourth-order valence-corrected chi connectivity index (χ4v) is 1.16. The fourth-order valence-electron chi connectivity index (χ4n) is 1.02. The van der Waals surface area contributed by atoms with Gasteiger partial charge in [-0.1, -0.05) is 17.5 Å². The molecule has 1 aromatic rings. The van der Waals surface area contributed by atoms with Crippen molar-refractivity contribution in [3.63, 3.8) is 0 Å². The second-order valence-corrected chi connectivity index (χ2v) is 2.92. The Labute approximate surface area is 75.6 Å². The molecule has 0 amide bonds. The minimum atomic E-state index is -0.253. The molecule has 1 heterocycles. The predicted octanol–water partition coefficient (Wildman–Crippen LogP) is 1.63. The number of hydrogen-bond acceptors (Lipinski definition) is 1. The molecule has 0 bridgehead atoms. The third kappa shape index (κ3) is 1.24. The standard InChI is InChI=1S/C9H8ClNO/c1-4-7-5(2)8(10)6(3)11-9(7)12/h1H,2-3H3,(H,11,12). The maximum atomic E-state index is 11.2. The molecule has 0 atom stereocenters. The van der Waals surface area contributed by atoms with Crippen LogP contribution in [0.25, 0.3) is 0 Å². The third-order valence-electron chi connectivity index (χ3n) is 1.71. The topological polar surface area (TPSA) is 32.9 Å². The van der Waals surface area contributed by atoms with E-state index < -0.39 is 0 Å². The lowest BCUT2D eigenvalue weighted by Gasteiger charge is -2.03. The lowest BCUT2D eigenvalue weighted by Crippen LogP contribution is -2.13. The van der Waals surface area contributed by atoms with E-state index in [1.165, 1.54) is 0 Å². The van der Waals surface area contributed by atoms with Crippen LogP contribution in [0.1, 0.15) is 16.8 Å².